The van der Waals surface area contributed by atoms with Crippen LogP contribution in [0.15, 0.2) is 4.42 Å². The van der Waals surface area contributed by atoms with Crippen LogP contribution in [-0.2, 0) is 6.42 Å². The van der Waals surface area contributed by atoms with Crippen molar-refractivity contribution in [3.8, 4) is 0 Å². The molecule has 4 rings (SSSR count). The molecular weight excluding hydrogens is 242 g/mol. The molecule has 3 saturated heterocycles. The fraction of sp³-hybridized carbons (Fsp3) is 0.714. The summed E-state index contributed by atoms with van der Waals surface area (Å²) in [7, 11) is 0. The summed E-state index contributed by atoms with van der Waals surface area (Å²) in [5.74, 6) is 1.54. The molecule has 5 nitrogen and oxygen atoms in total. The number of fused-ring (bicyclic) bond motifs is 3. The molecule has 0 radical (unpaired) electrons. The first-order chi connectivity index (χ1) is 9.17. The predicted molar refractivity (Wildman–Crippen MR) is 71.0 cm³/mol. The Bertz CT molecular complexity index is 475. The highest BCUT2D eigenvalue weighted by atomic mass is 16.4. The van der Waals surface area contributed by atoms with Gasteiger partial charge in [0.25, 0.3) is 5.91 Å². The number of carbonyl (C=O) groups excluding carboxylic acids is 1. The molecule has 1 N–H and O–H groups in total. The number of nitrogens with one attached hydrogen (secondary N) is 1. The molecule has 0 saturated carbocycles. The molecule has 0 spiro atoms. The minimum atomic E-state index is -0.108. The highest BCUT2D eigenvalue weighted by Crippen LogP contribution is 2.27. The topological polar surface area (TPSA) is 58.4 Å². The van der Waals surface area contributed by atoms with Gasteiger partial charge >= 0.3 is 0 Å². The van der Waals surface area contributed by atoms with E-state index in [0.29, 0.717) is 29.7 Å². The van der Waals surface area contributed by atoms with Crippen LogP contribution in [0.4, 0.5) is 0 Å². The predicted octanol–water partition coefficient (Wildman–Crippen LogP) is 1.37. The third-order valence-electron chi connectivity index (χ3n) is 4.32. The van der Waals surface area contributed by atoms with Gasteiger partial charge in [0.15, 0.2) is 5.89 Å². The zero-order valence-electron chi connectivity index (χ0n) is 11.6. The Balaban J connectivity index is 1.69. The highest BCUT2D eigenvalue weighted by molar-refractivity contribution is 5.92. The SMILES string of the molecule is CCc1nc(C)c(C(=O)N[C@H]2CN3CCC2CC3)o1. The van der Waals surface area contributed by atoms with Crippen molar-refractivity contribution in [1.29, 1.82) is 0 Å². The second kappa shape index (κ2) is 4.96. The minimum absolute atomic E-state index is 0.108. The lowest BCUT2D eigenvalue weighted by Gasteiger charge is -2.44. The number of rotatable bonds is 3. The minimum Gasteiger partial charge on any atom is -0.435 e. The van der Waals surface area contributed by atoms with E-state index in [1.54, 1.807) is 0 Å². The van der Waals surface area contributed by atoms with Crippen molar-refractivity contribution < 1.29 is 9.21 Å². The number of nitrogens with zero attached hydrogens (tertiary/aromatic N) is 2. The van der Waals surface area contributed by atoms with Gasteiger partial charge in [0.2, 0.25) is 5.76 Å². The first kappa shape index (κ1) is 12.7. The Morgan fingerprint density at radius 3 is 2.74 bits per heavy atom. The molecule has 104 valence electrons. The van der Waals surface area contributed by atoms with Gasteiger partial charge in [-0.1, -0.05) is 6.92 Å². The van der Waals surface area contributed by atoms with Crippen molar-refractivity contribution in [2.45, 2.75) is 39.2 Å². The molecule has 3 fully saturated rings. The van der Waals surface area contributed by atoms with Gasteiger partial charge in [0.1, 0.15) is 0 Å². The lowest BCUT2D eigenvalue weighted by atomic mass is 9.84. The van der Waals surface area contributed by atoms with Crippen LogP contribution in [0.1, 0.15) is 41.9 Å². The summed E-state index contributed by atoms with van der Waals surface area (Å²) in [6.07, 6.45) is 3.11. The Labute approximate surface area is 113 Å². The van der Waals surface area contributed by atoms with Crippen molar-refractivity contribution in [2.75, 3.05) is 19.6 Å². The van der Waals surface area contributed by atoms with Crippen LogP contribution >= 0.6 is 0 Å². The van der Waals surface area contributed by atoms with E-state index in [1.165, 1.54) is 25.9 Å². The molecule has 19 heavy (non-hydrogen) atoms. The van der Waals surface area contributed by atoms with Crippen molar-refractivity contribution in [1.82, 2.24) is 15.2 Å². The smallest absolute Gasteiger partial charge is 0.289 e. The van der Waals surface area contributed by atoms with E-state index in [4.69, 9.17) is 4.42 Å². The molecule has 1 aromatic heterocycles. The molecule has 2 bridgehead atoms. The van der Waals surface area contributed by atoms with Gasteiger partial charge in [0.05, 0.1) is 5.69 Å². The largest absolute Gasteiger partial charge is 0.435 e. The van der Waals surface area contributed by atoms with E-state index >= 15 is 0 Å². The number of aryl methyl sites for hydroxylation is 2. The summed E-state index contributed by atoms with van der Waals surface area (Å²) >= 11 is 0. The van der Waals surface area contributed by atoms with Crippen LogP contribution in [-0.4, -0.2) is 41.5 Å². The third-order valence-corrected chi connectivity index (χ3v) is 4.32. The van der Waals surface area contributed by atoms with E-state index in [9.17, 15) is 4.79 Å². The number of oxazole rings is 1. The lowest BCUT2D eigenvalue weighted by Crippen LogP contribution is -2.57. The second-order valence-corrected chi connectivity index (χ2v) is 5.59. The fourth-order valence-corrected chi connectivity index (χ4v) is 3.18. The Hall–Kier alpha value is -1.36. The van der Waals surface area contributed by atoms with Gasteiger partial charge in [-0.25, -0.2) is 4.98 Å². The Kier molecular flexibility index (Phi) is 3.31. The maximum absolute atomic E-state index is 12.3. The molecule has 5 heteroatoms. The summed E-state index contributed by atoms with van der Waals surface area (Å²) in [6.45, 7) is 7.13. The van der Waals surface area contributed by atoms with Crippen molar-refractivity contribution >= 4 is 5.91 Å². The van der Waals surface area contributed by atoms with Gasteiger partial charge in [-0.3, -0.25) is 4.79 Å². The average Bonchev–Trinajstić information content (AvgIpc) is 2.81. The van der Waals surface area contributed by atoms with Crippen LogP contribution in [0, 0.1) is 12.8 Å². The van der Waals surface area contributed by atoms with Crippen LogP contribution < -0.4 is 5.32 Å². The average molecular weight is 263 g/mol. The van der Waals surface area contributed by atoms with E-state index < -0.39 is 0 Å². The van der Waals surface area contributed by atoms with Gasteiger partial charge in [-0.15, -0.1) is 0 Å². The van der Waals surface area contributed by atoms with E-state index in [-0.39, 0.29) is 11.9 Å². The van der Waals surface area contributed by atoms with Gasteiger partial charge in [0, 0.05) is 19.0 Å². The fourth-order valence-electron chi connectivity index (χ4n) is 3.18. The van der Waals surface area contributed by atoms with Crippen LogP contribution in [0.5, 0.6) is 0 Å². The van der Waals surface area contributed by atoms with Crippen molar-refractivity contribution in [2.24, 2.45) is 5.92 Å². The molecule has 3 aliphatic heterocycles. The van der Waals surface area contributed by atoms with Gasteiger partial charge < -0.3 is 14.6 Å². The van der Waals surface area contributed by atoms with Crippen molar-refractivity contribution in [3.63, 3.8) is 0 Å². The van der Waals surface area contributed by atoms with Gasteiger partial charge in [-0.2, -0.15) is 0 Å². The molecule has 0 aromatic carbocycles. The second-order valence-electron chi connectivity index (χ2n) is 5.59. The molecule has 1 amide bonds. The quantitative estimate of drug-likeness (QED) is 0.895. The number of piperidine rings is 3. The zero-order chi connectivity index (χ0) is 13.4. The summed E-state index contributed by atoms with van der Waals surface area (Å²) < 4.78 is 5.51. The standard InChI is InChI=1S/C14H21N3O2/c1-3-12-15-9(2)13(19-12)14(18)16-11-8-17-6-4-10(11)5-7-17/h10-11H,3-8H2,1-2H3,(H,16,18)/t11-/m0/s1. The Morgan fingerprint density at radius 2 is 2.21 bits per heavy atom. The molecule has 1 atom stereocenters. The van der Waals surface area contributed by atoms with Gasteiger partial charge in [-0.05, 0) is 38.8 Å². The van der Waals surface area contributed by atoms with E-state index in [0.717, 1.165) is 6.54 Å². The molecule has 0 aliphatic carbocycles. The summed E-state index contributed by atoms with van der Waals surface area (Å²) in [6, 6.07) is 0.268. The third kappa shape index (κ3) is 2.39. The number of hydrogen-bond acceptors (Lipinski definition) is 4. The van der Waals surface area contributed by atoms with Crippen molar-refractivity contribution in [3.05, 3.63) is 17.3 Å². The summed E-state index contributed by atoms with van der Waals surface area (Å²) in [5, 5.41) is 3.13. The first-order valence-electron chi connectivity index (χ1n) is 7.17. The number of hydrogen-bond donors (Lipinski definition) is 1. The van der Waals surface area contributed by atoms with E-state index in [2.05, 4.69) is 15.2 Å². The number of aromatic nitrogens is 1. The molecule has 3 aliphatic rings. The summed E-state index contributed by atoms with van der Waals surface area (Å²) in [5.41, 5.74) is 0.690. The molecule has 0 unspecified atom stereocenters. The van der Waals surface area contributed by atoms with Crippen LogP contribution in [0.2, 0.25) is 0 Å². The normalized spacial score (nSPS) is 29.5. The maximum atomic E-state index is 12.3. The van der Waals surface area contributed by atoms with Crippen LogP contribution in [0.3, 0.4) is 0 Å². The zero-order valence-corrected chi connectivity index (χ0v) is 11.6. The summed E-state index contributed by atoms with van der Waals surface area (Å²) in [4.78, 5) is 19.0. The monoisotopic (exact) mass is 263 g/mol. The number of amides is 1. The molecule has 4 heterocycles. The maximum Gasteiger partial charge on any atom is 0.289 e. The van der Waals surface area contributed by atoms with E-state index in [1.807, 2.05) is 13.8 Å². The molecule has 1 aromatic rings. The lowest BCUT2D eigenvalue weighted by molar-refractivity contribution is 0.0604. The molecular formula is C14H21N3O2. The first-order valence-corrected chi connectivity index (χ1v) is 7.17. The Morgan fingerprint density at radius 1 is 1.47 bits per heavy atom. The van der Waals surface area contributed by atoms with Crippen LogP contribution in [0.25, 0.3) is 0 Å². The highest BCUT2D eigenvalue weighted by Gasteiger charge is 2.35. The number of carbonyl (C=O) groups is 1.